The number of nitrogens with zero attached hydrogens (tertiary/aromatic N) is 3. The molecule has 0 saturated carbocycles. The van der Waals surface area contributed by atoms with Crippen LogP contribution in [0.4, 0.5) is 0 Å². The highest BCUT2D eigenvalue weighted by Crippen LogP contribution is 2.19. The Morgan fingerprint density at radius 3 is 2.68 bits per heavy atom. The Hall–Kier alpha value is -1.44. The van der Waals surface area contributed by atoms with Crippen LogP contribution in [0, 0.1) is 0 Å². The highest BCUT2D eigenvalue weighted by molar-refractivity contribution is 7.89. The van der Waals surface area contributed by atoms with Crippen molar-refractivity contribution in [1.82, 2.24) is 19.5 Å². The molecule has 2 aromatic heterocycles. The topological polar surface area (TPSA) is 79.0 Å². The summed E-state index contributed by atoms with van der Waals surface area (Å²) in [5.74, 6) is 0.0914. The van der Waals surface area contributed by atoms with Gasteiger partial charge in [0.05, 0.1) is 12.1 Å². The van der Waals surface area contributed by atoms with Crippen LogP contribution in [0.25, 0.3) is 0 Å². The first-order valence-electron chi connectivity index (χ1n) is 5.49. The SMILES string of the molecule is CN(Cc1ccncc1)S(=O)(=O)c1[nH]ncc1CCl. The minimum Gasteiger partial charge on any atom is -0.266 e. The number of aromatic nitrogens is 3. The number of halogens is 1. The molecule has 0 amide bonds. The van der Waals surface area contributed by atoms with Gasteiger partial charge in [0.1, 0.15) is 0 Å². The fraction of sp³-hybridized carbons (Fsp3) is 0.273. The molecule has 0 unspecified atom stereocenters. The molecule has 8 heteroatoms. The number of hydrogen-bond donors (Lipinski definition) is 1. The van der Waals surface area contributed by atoms with Crippen molar-refractivity contribution in [2.24, 2.45) is 0 Å². The second-order valence-electron chi connectivity index (χ2n) is 3.97. The third kappa shape index (κ3) is 2.94. The van der Waals surface area contributed by atoms with Crippen molar-refractivity contribution >= 4 is 21.6 Å². The van der Waals surface area contributed by atoms with Crippen molar-refractivity contribution in [3.63, 3.8) is 0 Å². The first kappa shape index (κ1) is 14.0. The predicted molar refractivity (Wildman–Crippen MR) is 71.0 cm³/mol. The van der Waals surface area contributed by atoms with Crippen molar-refractivity contribution in [3.8, 4) is 0 Å². The van der Waals surface area contributed by atoms with Gasteiger partial charge in [0.2, 0.25) is 0 Å². The predicted octanol–water partition coefficient (Wildman–Crippen LogP) is 1.36. The molecule has 0 spiro atoms. The van der Waals surface area contributed by atoms with Crippen molar-refractivity contribution in [2.45, 2.75) is 17.5 Å². The average Bonchev–Trinajstić information content (AvgIpc) is 2.88. The summed E-state index contributed by atoms with van der Waals surface area (Å²) in [4.78, 5) is 3.89. The number of H-pyrrole nitrogens is 1. The fourth-order valence-corrected chi connectivity index (χ4v) is 3.14. The number of alkyl halides is 1. The summed E-state index contributed by atoms with van der Waals surface area (Å²) in [6, 6.07) is 3.53. The number of pyridine rings is 1. The van der Waals surface area contributed by atoms with E-state index in [1.165, 1.54) is 17.5 Å². The first-order chi connectivity index (χ1) is 9.05. The highest BCUT2D eigenvalue weighted by atomic mass is 35.5. The van der Waals surface area contributed by atoms with E-state index in [1.807, 2.05) is 0 Å². The van der Waals surface area contributed by atoms with E-state index in [0.29, 0.717) is 5.56 Å². The molecule has 0 atom stereocenters. The molecule has 0 bridgehead atoms. The molecule has 6 nitrogen and oxygen atoms in total. The van der Waals surface area contributed by atoms with E-state index in [9.17, 15) is 8.42 Å². The van der Waals surface area contributed by atoms with E-state index in [-0.39, 0.29) is 17.5 Å². The molecule has 2 heterocycles. The largest absolute Gasteiger partial charge is 0.266 e. The Kier molecular flexibility index (Phi) is 4.18. The maximum absolute atomic E-state index is 12.4. The van der Waals surface area contributed by atoms with Crippen LogP contribution in [0.3, 0.4) is 0 Å². The van der Waals surface area contributed by atoms with Crippen LogP contribution in [-0.2, 0) is 22.4 Å². The zero-order valence-corrected chi connectivity index (χ0v) is 11.8. The average molecular weight is 301 g/mol. The molecule has 102 valence electrons. The Morgan fingerprint density at radius 1 is 1.37 bits per heavy atom. The van der Waals surface area contributed by atoms with E-state index in [1.54, 1.807) is 24.5 Å². The van der Waals surface area contributed by atoms with Crippen LogP contribution in [0.1, 0.15) is 11.1 Å². The Bertz CT molecular complexity index is 642. The lowest BCUT2D eigenvalue weighted by Gasteiger charge is -2.16. The molecule has 2 aromatic rings. The second-order valence-corrected chi connectivity index (χ2v) is 6.22. The van der Waals surface area contributed by atoms with Gasteiger partial charge in [0.15, 0.2) is 5.03 Å². The number of aromatic amines is 1. The summed E-state index contributed by atoms with van der Waals surface area (Å²) in [6.07, 6.45) is 4.66. The normalized spacial score (nSPS) is 11.9. The monoisotopic (exact) mass is 300 g/mol. The maximum Gasteiger partial charge on any atom is 0.260 e. The summed E-state index contributed by atoms with van der Waals surface area (Å²) in [6.45, 7) is 0.256. The van der Waals surface area contributed by atoms with Crippen molar-refractivity contribution in [1.29, 1.82) is 0 Å². The van der Waals surface area contributed by atoms with Gasteiger partial charge in [-0.25, -0.2) is 8.42 Å². The quantitative estimate of drug-likeness (QED) is 0.846. The molecule has 0 saturated heterocycles. The third-order valence-electron chi connectivity index (χ3n) is 2.64. The first-order valence-corrected chi connectivity index (χ1v) is 7.46. The van der Waals surface area contributed by atoms with E-state index < -0.39 is 10.0 Å². The minimum atomic E-state index is -3.63. The van der Waals surface area contributed by atoms with Gasteiger partial charge in [-0.05, 0) is 17.7 Å². The van der Waals surface area contributed by atoms with Gasteiger partial charge in [0, 0.05) is 31.5 Å². The third-order valence-corrected chi connectivity index (χ3v) is 4.75. The number of hydrogen-bond acceptors (Lipinski definition) is 4. The molecule has 2 rings (SSSR count). The van der Waals surface area contributed by atoms with Gasteiger partial charge in [-0.15, -0.1) is 11.6 Å². The van der Waals surface area contributed by atoms with Crippen LogP contribution in [0.2, 0.25) is 0 Å². The summed E-state index contributed by atoms with van der Waals surface area (Å²) in [7, 11) is -2.12. The molecule has 19 heavy (non-hydrogen) atoms. The van der Waals surface area contributed by atoms with E-state index in [4.69, 9.17) is 11.6 Å². The molecular formula is C11H13ClN4O2S. The second kappa shape index (κ2) is 5.68. The molecule has 0 aliphatic heterocycles. The number of sulfonamides is 1. The molecule has 0 aromatic carbocycles. The van der Waals surface area contributed by atoms with Crippen LogP contribution in [0.5, 0.6) is 0 Å². The smallest absolute Gasteiger partial charge is 0.260 e. The van der Waals surface area contributed by atoms with Crippen molar-refractivity contribution < 1.29 is 8.42 Å². The zero-order chi connectivity index (χ0) is 13.9. The van der Waals surface area contributed by atoms with Crippen molar-refractivity contribution in [3.05, 3.63) is 41.9 Å². The van der Waals surface area contributed by atoms with E-state index in [2.05, 4.69) is 15.2 Å². The number of rotatable bonds is 5. The Balaban J connectivity index is 2.25. The fourth-order valence-electron chi connectivity index (χ4n) is 1.60. The van der Waals surface area contributed by atoms with Crippen LogP contribution >= 0.6 is 11.6 Å². The van der Waals surface area contributed by atoms with Crippen molar-refractivity contribution in [2.75, 3.05) is 7.05 Å². The van der Waals surface area contributed by atoms with E-state index >= 15 is 0 Å². The lowest BCUT2D eigenvalue weighted by Crippen LogP contribution is -2.27. The van der Waals surface area contributed by atoms with Crippen LogP contribution < -0.4 is 0 Å². The molecular weight excluding hydrogens is 288 g/mol. The summed E-state index contributed by atoms with van der Waals surface area (Å²) < 4.78 is 26.0. The molecule has 0 aliphatic rings. The summed E-state index contributed by atoms with van der Waals surface area (Å²) in [5.41, 5.74) is 1.32. The Labute approximate surface area is 116 Å². The molecule has 1 N–H and O–H groups in total. The minimum absolute atomic E-state index is 0.0408. The Morgan fingerprint density at radius 2 is 2.05 bits per heavy atom. The summed E-state index contributed by atoms with van der Waals surface area (Å²) >= 11 is 5.69. The van der Waals surface area contributed by atoms with E-state index in [0.717, 1.165) is 5.56 Å². The lowest BCUT2D eigenvalue weighted by molar-refractivity contribution is 0.463. The standard InChI is InChI=1S/C11H13ClN4O2S/c1-16(8-9-2-4-13-5-3-9)19(17,18)11-10(6-12)7-14-15-11/h2-5,7H,6,8H2,1H3,(H,14,15). The van der Waals surface area contributed by atoms with Gasteiger partial charge in [-0.2, -0.15) is 9.40 Å². The molecule has 0 fully saturated rings. The molecule has 0 radical (unpaired) electrons. The van der Waals surface area contributed by atoms with Gasteiger partial charge in [0.25, 0.3) is 10.0 Å². The van der Waals surface area contributed by atoms with Gasteiger partial charge in [-0.3, -0.25) is 10.1 Å². The van der Waals surface area contributed by atoms with Gasteiger partial charge < -0.3 is 0 Å². The maximum atomic E-state index is 12.4. The van der Waals surface area contributed by atoms with Gasteiger partial charge >= 0.3 is 0 Å². The van der Waals surface area contributed by atoms with Crippen LogP contribution in [0.15, 0.2) is 35.7 Å². The molecule has 0 aliphatic carbocycles. The van der Waals surface area contributed by atoms with Crippen LogP contribution in [-0.4, -0.2) is 35.0 Å². The number of nitrogens with one attached hydrogen (secondary N) is 1. The lowest BCUT2D eigenvalue weighted by atomic mass is 10.3. The summed E-state index contributed by atoms with van der Waals surface area (Å²) in [5, 5.41) is 6.25. The highest BCUT2D eigenvalue weighted by Gasteiger charge is 2.25. The zero-order valence-electron chi connectivity index (χ0n) is 10.2. The van der Waals surface area contributed by atoms with Gasteiger partial charge in [-0.1, -0.05) is 0 Å².